The lowest BCUT2D eigenvalue weighted by atomic mass is 9.78. The molecule has 1 saturated carbocycles. The van der Waals surface area contributed by atoms with E-state index in [4.69, 9.17) is 0 Å². The van der Waals surface area contributed by atoms with Gasteiger partial charge in [-0.2, -0.15) is 0 Å². The van der Waals surface area contributed by atoms with E-state index in [9.17, 15) is 9.90 Å². The van der Waals surface area contributed by atoms with Crippen molar-refractivity contribution in [1.29, 1.82) is 0 Å². The zero-order valence-corrected chi connectivity index (χ0v) is 11.7. The van der Waals surface area contributed by atoms with E-state index < -0.39 is 5.97 Å². The lowest BCUT2D eigenvalue weighted by Crippen LogP contribution is -2.55. The Morgan fingerprint density at radius 3 is 2.56 bits per heavy atom. The molecule has 0 unspecified atom stereocenters. The molecule has 96 valence electrons. The number of hydrogen-bond donors (Lipinski definition) is 1. The van der Waals surface area contributed by atoms with Crippen molar-refractivity contribution < 1.29 is 9.90 Å². The van der Waals surface area contributed by atoms with Gasteiger partial charge >= 0.3 is 5.97 Å². The highest BCUT2D eigenvalue weighted by Crippen LogP contribution is 2.48. The standard InChI is InChI=1S/C14H16BrNO2/c15-11-5-3-4-10(13(17)18)12(11)16-8-14(9-16)6-1-2-7-14/h3-5H,1-2,6-9H2,(H,17,18). The molecule has 1 N–H and O–H groups in total. The predicted molar refractivity (Wildman–Crippen MR) is 74.2 cm³/mol. The van der Waals surface area contributed by atoms with Crippen molar-refractivity contribution >= 4 is 27.6 Å². The second-order valence-electron chi connectivity index (χ2n) is 5.50. The number of hydrogen-bond acceptors (Lipinski definition) is 2. The number of benzene rings is 1. The summed E-state index contributed by atoms with van der Waals surface area (Å²) in [4.78, 5) is 13.5. The quantitative estimate of drug-likeness (QED) is 0.908. The minimum Gasteiger partial charge on any atom is -0.478 e. The Balaban J connectivity index is 1.87. The second-order valence-corrected chi connectivity index (χ2v) is 6.36. The van der Waals surface area contributed by atoms with Gasteiger partial charge in [-0.15, -0.1) is 0 Å². The molecule has 3 rings (SSSR count). The number of carboxylic acid groups (broad SMARTS) is 1. The number of halogens is 1. The topological polar surface area (TPSA) is 40.5 Å². The average Bonchev–Trinajstić information content (AvgIpc) is 2.76. The molecule has 1 aromatic carbocycles. The maximum atomic E-state index is 11.3. The van der Waals surface area contributed by atoms with Crippen molar-refractivity contribution in [2.75, 3.05) is 18.0 Å². The number of aromatic carboxylic acids is 1. The van der Waals surface area contributed by atoms with Gasteiger partial charge in [0.2, 0.25) is 0 Å². The first-order valence-corrected chi connectivity index (χ1v) is 7.17. The van der Waals surface area contributed by atoms with Gasteiger partial charge in [0.1, 0.15) is 0 Å². The number of rotatable bonds is 2. The molecule has 1 aromatic rings. The van der Waals surface area contributed by atoms with E-state index in [0.29, 0.717) is 11.0 Å². The Morgan fingerprint density at radius 1 is 1.28 bits per heavy atom. The Labute approximate surface area is 115 Å². The molecule has 0 radical (unpaired) electrons. The molecule has 4 heteroatoms. The third-order valence-corrected chi connectivity index (χ3v) is 4.89. The van der Waals surface area contributed by atoms with E-state index in [1.54, 1.807) is 12.1 Å². The van der Waals surface area contributed by atoms with E-state index in [1.807, 2.05) is 6.07 Å². The summed E-state index contributed by atoms with van der Waals surface area (Å²) in [6.45, 7) is 2.02. The monoisotopic (exact) mass is 309 g/mol. The van der Waals surface area contributed by atoms with Gasteiger partial charge in [0, 0.05) is 23.0 Å². The normalized spacial score (nSPS) is 21.1. The first-order chi connectivity index (χ1) is 8.61. The molecule has 1 heterocycles. The maximum absolute atomic E-state index is 11.3. The van der Waals surface area contributed by atoms with Gasteiger partial charge in [0.25, 0.3) is 0 Å². The lowest BCUT2D eigenvalue weighted by Gasteiger charge is -2.50. The minimum atomic E-state index is -0.848. The summed E-state index contributed by atoms with van der Waals surface area (Å²) in [5.41, 5.74) is 1.73. The van der Waals surface area contributed by atoms with Crippen LogP contribution in [-0.2, 0) is 0 Å². The molecule has 3 nitrogen and oxygen atoms in total. The summed E-state index contributed by atoms with van der Waals surface area (Å²) in [6, 6.07) is 5.38. The van der Waals surface area contributed by atoms with Gasteiger partial charge in [0.15, 0.2) is 0 Å². The first-order valence-electron chi connectivity index (χ1n) is 6.38. The van der Waals surface area contributed by atoms with Gasteiger partial charge in [0.05, 0.1) is 11.3 Å². The van der Waals surface area contributed by atoms with Crippen molar-refractivity contribution in [3.8, 4) is 0 Å². The number of nitrogens with zero attached hydrogens (tertiary/aromatic N) is 1. The van der Waals surface area contributed by atoms with E-state index in [0.717, 1.165) is 23.2 Å². The van der Waals surface area contributed by atoms with Crippen LogP contribution < -0.4 is 4.90 Å². The number of carbonyl (C=O) groups is 1. The number of para-hydroxylation sites is 1. The van der Waals surface area contributed by atoms with Crippen molar-refractivity contribution in [2.45, 2.75) is 25.7 Å². The molecule has 0 atom stereocenters. The fraction of sp³-hybridized carbons (Fsp3) is 0.500. The summed E-state index contributed by atoms with van der Waals surface area (Å²) >= 11 is 3.48. The summed E-state index contributed by atoms with van der Waals surface area (Å²) in [5.74, 6) is -0.848. The van der Waals surface area contributed by atoms with Gasteiger partial charge in [-0.25, -0.2) is 4.79 Å². The van der Waals surface area contributed by atoms with Crippen LogP contribution in [0.15, 0.2) is 22.7 Å². The van der Waals surface area contributed by atoms with E-state index in [2.05, 4.69) is 20.8 Å². The molecule has 1 saturated heterocycles. The molecule has 2 fully saturated rings. The second kappa shape index (κ2) is 4.26. The SMILES string of the molecule is O=C(O)c1cccc(Br)c1N1CC2(CCCC2)C1. The molecular weight excluding hydrogens is 294 g/mol. The molecule has 0 amide bonds. The molecule has 0 aromatic heterocycles. The molecule has 18 heavy (non-hydrogen) atoms. The zero-order chi connectivity index (χ0) is 12.8. The third kappa shape index (κ3) is 1.83. The van der Waals surface area contributed by atoms with Crippen LogP contribution in [0.2, 0.25) is 0 Å². The van der Waals surface area contributed by atoms with Crippen molar-refractivity contribution in [3.05, 3.63) is 28.2 Å². The van der Waals surface area contributed by atoms with Crippen LogP contribution in [0.1, 0.15) is 36.0 Å². The molecule has 0 bridgehead atoms. The van der Waals surface area contributed by atoms with Crippen LogP contribution in [0, 0.1) is 5.41 Å². The van der Waals surface area contributed by atoms with Crippen LogP contribution in [0.3, 0.4) is 0 Å². The van der Waals surface area contributed by atoms with Crippen LogP contribution in [0.25, 0.3) is 0 Å². The summed E-state index contributed by atoms with van der Waals surface area (Å²) in [5, 5.41) is 9.27. The van der Waals surface area contributed by atoms with Crippen LogP contribution in [-0.4, -0.2) is 24.2 Å². The molecule has 1 spiro atoms. The summed E-state index contributed by atoms with van der Waals surface area (Å²) in [7, 11) is 0. The van der Waals surface area contributed by atoms with Crippen LogP contribution >= 0.6 is 15.9 Å². The van der Waals surface area contributed by atoms with Gasteiger partial charge in [-0.3, -0.25) is 0 Å². The van der Waals surface area contributed by atoms with Crippen molar-refractivity contribution in [2.24, 2.45) is 5.41 Å². The van der Waals surface area contributed by atoms with Crippen LogP contribution in [0.4, 0.5) is 5.69 Å². The van der Waals surface area contributed by atoms with Gasteiger partial charge < -0.3 is 10.0 Å². The molecule has 2 aliphatic rings. The highest BCUT2D eigenvalue weighted by molar-refractivity contribution is 9.10. The Bertz CT molecular complexity index is 487. The molecule has 1 aliphatic heterocycles. The van der Waals surface area contributed by atoms with Gasteiger partial charge in [-0.1, -0.05) is 18.9 Å². The third-order valence-electron chi connectivity index (χ3n) is 4.25. The zero-order valence-electron chi connectivity index (χ0n) is 10.2. The largest absolute Gasteiger partial charge is 0.478 e. The van der Waals surface area contributed by atoms with Crippen molar-refractivity contribution in [3.63, 3.8) is 0 Å². The van der Waals surface area contributed by atoms with E-state index in [1.165, 1.54) is 25.7 Å². The Kier molecular flexibility index (Phi) is 2.85. The fourth-order valence-corrected chi connectivity index (χ4v) is 3.99. The number of carboxylic acids is 1. The maximum Gasteiger partial charge on any atom is 0.337 e. The van der Waals surface area contributed by atoms with E-state index in [-0.39, 0.29) is 0 Å². The molecular formula is C14H16BrNO2. The fourth-order valence-electron chi connectivity index (χ4n) is 3.37. The average molecular weight is 310 g/mol. The highest BCUT2D eigenvalue weighted by atomic mass is 79.9. The Morgan fingerprint density at radius 2 is 1.94 bits per heavy atom. The summed E-state index contributed by atoms with van der Waals surface area (Å²) in [6.07, 6.45) is 5.26. The van der Waals surface area contributed by atoms with E-state index >= 15 is 0 Å². The Hall–Kier alpha value is -1.03. The van der Waals surface area contributed by atoms with Crippen molar-refractivity contribution in [1.82, 2.24) is 0 Å². The van der Waals surface area contributed by atoms with Crippen LogP contribution in [0.5, 0.6) is 0 Å². The lowest BCUT2D eigenvalue weighted by molar-refractivity contribution is 0.0696. The smallest absolute Gasteiger partial charge is 0.337 e. The minimum absolute atomic E-state index is 0.400. The highest BCUT2D eigenvalue weighted by Gasteiger charge is 2.45. The summed E-state index contributed by atoms with van der Waals surface area (Å²) < 4.78 is 0.884. The predicted octanol–water partition coefficient (Wildman–Crippen LogP) is 3.53. The number of anilines is 1. The molecule has 1 aliphatic carbocycles. The first kappa shape index (κ1) is 12.0. The van der Waals surface area contributed by atoms with Gasteiger partial charge in [-0.05, 0) is 40.9 Å².